The Morgan fingerprint density at radius 3 is 3.00 bits per heavy atom. The molecule has 126 valence electrons. The molecule has 7 heteroatoms. The molecule has 2 N–H and O–H groups in total. The van der Waals surface area contributed by atoms with Crippen LogP contribution >= 0.6 is 0 Å². The third-order valence-electron chi connectivity index (χ3n) is 4.26. The fourth-order valence-electron chi connectivity index (χ4n) is 3.01. The molecule has 0 saturated carbocycles. The highest BCUT2D eigenvalue weighted by Gasteiger charge is 2.28. The van der Waals surface area contributed by atoms with Gasteiger partial charge >= 0.3 is 0 Å². The lowest BCUT2D eigenvalue weighted by molar-refractivity contribution is -0.116. The number of aromatic nitrogens is 3. The standard InChI is InChI=1S/C18H15FN4O2/c19-12-4-2-1-3-11(12)9-21-18(25)16-15(24)6-8-23-14-5-7-20-10-13(14)22-17(16)23/h1-5,7,10,24H,6,8-9H2,(H,21,25). The first kappa shape index (κ1) is 15.3. The summed E-state index contributed by atoms with van der Waals surface area (Å²) in [6.07, 6.45) is 3.61. The molecule has 0 saturated heterocycles. The Kier molecular flexibility index (Phi) is 3.68. The summed E-state index contributed by atoms with van der Waals surface area (Å²) in [5, 5.41) is 12.9. The van der Waals surface area contributed by atoms with Crippen molar-refractivity contribution in [3.05, 3.63) is 65.7 Å². The summed E-state index contributed by atoms with van der Waals surface area (Å²) in [4.78, 5) is 21.1. The highest BCUT2D eigenvalue weighted by atomic mass is 19.1. The van der Waals surface area contributed by atoms with Crippen molar-refractivity contribution in [3.63, 3.8) is 0 Å². The van der Waals surface area contributed by atoms with Crippen molar-refractivity contribution in [2.45, 2.75) is 19.5 Å². The van der Waals surface area contributed by atoms with E-state index in [0.29, 0.717) is 29.9 Å². The molecule has 6 nitrogen and oxygen atoms in total. The average molecular weight is 338 g/mol. The second-order valence-electron chi connectivity index (χ2n) is 5.80. The number of nitrogens with zero attached hydrogens (tertiary/aromatic N) is 3. The van der Waals surface area contributed by atoms with Gasteiger partial charge in [0.05, 0.1) is 11.7 Å². The first-order valence-electron chi connectivity index (χ1n) is 7.89. The van der Waals surface area contributed by atoms with E-state index in [9.17, 15) is 14.3 Å². The van der Waals surface area contributed by atoms with E-state index in [1.807, 2.05) is 10.6 Å². The zero-order valence-corrected chi connectivity index (χ0v) is 13.2. The van der Waals surface area contributed by atoms with Crippen molar-refractivity contribution in [2.75, 3.05) is 0 Å². The number of carbonyl (C=O) groups excluding carboxylic acids is 1. The largest absolute Gasteiger partial charge is 0.511 e. The van der Waals surface area contributed by atoms with Crippen LogP contribution in [0.5, 0.6) is 0 Å². The fraction of sp³-hybridized carbons (Fsp3) is 0.167. The van der Waals surface area contributed by atoms with Crippen molar-refractivity contribution in [3.8, 4) is 0 Å². The predicted molar refractivity (Wildman–Crippen MR) is 89.9 cm³/mol. The van der Waals surface area contributed by atoms with Crippen LogP contribution in [0.2, 0.25) is 0 Å². The number of aliphatic hydroxyl groups is 1. The van der Waals surface area contributed by atoms with Gasteiger partial charge in [0.1, 0.15) is 28.5 Å². The van der Waals surface area contributed by atoms with Crippen LogP contribution in [-0.4, -0.2) is 25.5 Å². The fourth-order valence-corrected chi connectivity index (χ4v) is 3.01. The number of hydrogen-bond donors (Lipinski definition) is 2. The molecule has 0 atom stereocenters. The Hall–Kier alpha value is -3.22. The van der Waals surface area contributed by atoms with E-state index in [4.69, 9.17) is 0 Å². The number of fused-ring (bicyclic) bond motifs is 3. The Bertz CT molecular complexity index is 1010. The van der Waals surface area contributed by atoms with Gasteiger partial charge in [0, 0.05) is 31.3 Å². The number of allylic oxidation sites excluding steroid dienone is 1. The topological polar surface area (TPSA) is 80.0 Å². The van der Waals surface area contributed by atoms with Crippen molar-refractivity contribution in [1.82, 2.24) is 19.9 Å². The molecule has 0 fully saturated rings. The number of rotatable bonds is 3. The second-order valence-corrected chi connectivity index (χ2v) is 5.80. The molecule has 0 aliphatic carbocycles. The number of benzene rings is 1. The van der Waals surface area contributed by atoms with Gasteiger partial charge in [-0.05, 0) is 12.1 Å². The van der Waals surface area contributed by atoms with Gasteiger partial charge in [-0.1, -0.05) is 18.2 Å². The number of halogens is 1. The number of aliphatic hydroxyl groups excluding tert-OH is 1. The molecular formula is C18H15FN4O2. The molecule has 1 aliphatic rings. The minimum Gasteiger partial charge on any atom is -0.511 e. The van der Waals surface area contributed by atoms with Gasteiger partial charge in [-0.2, -0.15) is 0 Å². The molecule has 1 aliphatic heterocycles. The van der Waals surface area contributed by atoms with Gasteiger partial charge in [0.25, 0.3) is 5.91 Å². The van der Waals surface area contributed by atoms with Crippen LogP contribution < -0.4 is 5.32 Å². The first-order valence-corrected chi connectivity index (χ1v) is 7.89. The van der Waals surface area contributed by atoms with E-state index < -0.39 is 5.91 Å². The monoisotopic (exact) mass is 338 g/mol. The summed E-state index contributed by atoms with van der Waals surface area (Å²) in [5.74, 6) is -0.479. The van der Waals surface area contributed by atoms with Gasteiger partial charge < -0.3 is 15.0 Å². The molecule has 0 bridgehead atoms. The minimum atomic E-state index is -0.482. The third kappa shape index (κ3) is 2.63. The summed E-state index contributed by atoms with van der Waals surface area (Å²) >= 11 is 0. The van der Waals surface area contributed by atoms with Gasteiger partial charge in [-0.15, -0.1) is 0 Å². The highest BCUT2D eigenvalue weighted by Crippen LogP contribution is 2.29. The molecule has 0 radical (unpaired) electrons. The maximum absolute atomic E-state index is 13.7. The number of hydrogen-bond acceptors (Lipinski definition) is 4. The first-order chi connectivity index (χ1) is 12.1. The van der Waals surface area contributed by atoms with Crippen molar-refractivity contribution >= 4 is 22.5 Å². The Balaban J connectivity index is 1.65. The number of aryl methyl sites for hydroxylation is 1. The van der Waals surface area contributed by atoms with E-state index in [1.165, 1.54) is 6.07 Å². The van der Waals surface area contributed by atoms with Crippen LogP contribution in [-0.2, 0) is 17.9 Å². The smallest absolute Gasteiger partial charge is 0.258 e. The Labute approximate surface area is 142 Å². The number of imidazole rings is 1. The Morgan fingerprint density at radius 1 is 1.32 bits per heavy atom. The molecule has 2 aromatic heterocycles. The predicted octanol–water partition coefficient (Wildman–Crippen LogP) is 2.56. The molecule has 0 unspecified atom stereocenters. The molecule has 3 aromatic rings. The lowest BCUT2D eigenvalue weighted by atomic mass is 10.1. The third-order valence-corrected chi connectivity index (χ3v) is 4.26. The molecule has 3 heterocycles. The number of amides is 1. The second kappa shape index (κ2) is 6.01. The molecule has 0 spiro atoms. The van der Waals surface area contributed by atoms with E-state index in [2.05, 4.69) is 15.3 Å². The van der Waals surface area contributed by atoms with Crippen LogP contribution in [0.3, 0.4) is 0 Å². The summed E-state index contributed by atoms with van der Waals surface area (Å²) < 4.78 is 15.6. The maximum atomic E-state index is 13.7. The van der Waals surface area contributed by atoms with Crippen molar-refractivity contribution in [1.29, 1.82) is 0 Å². The molecule has 25 heavy (non-hydrogen) atoms. The molecule has 1 aromatic carbocycles. The number of pyridine rings is 1. The number of nitrogens with one attached hydrogen (secondary N) is 1. The van der Waals surface area contributed by atoms with Gasteiger partial charge in [0.15, 0.2) is 0 Å². The van der Waals surface area contributed by atoms with Crippen LogP contribution in [0, 0.1) is 5.82 Å². The molecular weight excluding hydrogens is 323 g/mol. The van der Waals surface area contributed by atoms with Crippen molar-refractivity contribution < 1.29 is 14.3 Å². The zero-order valence-electron chi connectivity index (χ0n) is 13.2. The van der Waals surface area contributed by atoms with Crippen LogP contribution in [0.1, 0.15) is 17.8 Å². The minimum absolute atomic E-state index is 0.0122. The van der Waals surface area contributed by atoms with E-state index in [-0.39, 0.29) is 23.7 Å². The van der Waals surface area contributed by atoms with Gasteiger partial charge in [0.2, 0.25) is 0 Å². The Morgan fingerprint density at radius 2 is 2.16 bits per heavy atom. The van der Waals surface area contributed by atoms with Crippen molar-refractivity contribution in [2.24, 2.45) is 0 Å². The van der Waals surface area contributed by atoms with E-state index in [1.54, 1.807) is 30.6 Å². The summed E-state index contributed by atoms with van der Waals surface area (Å²) in [6.45, 7) is 0.565. The normalized spacial score (nSPS) is 13.8. The zero-order chi connectivity index (χ0) is 17.4. The maximum Gasteiger partial charge on any atom is 0.258 e. The number of carbonyl (C=O) groups is 1. The quantitative estimate of drug-likeness (QED) is 0.769. The highest BCUT2D eigenvalue weighted by molar-refractivity contribution is 6.19. The SMILES string of the molecule is O=C(NCc1ccccc1F)C1=C(O)CCn2c1nc1cnccc12. The summed E-state index contributed by atoms with van der Waals surface area (Å²) in [5.41, 5.74) is 2.02. The van der Waals surface area contributed by atoms with E-state index in [0.717, 1.165) is 5.52 Å². The average Bonchev–Trinajstić information content (AvgIpc) is 2.99. The van der Waals surface area contributed by atoms with Crippen LogP contribution in [0.15, 0.2) is 48.5 Å². The lowest BCUT2D eigenvalue weighted by Gasteiger charge is -2.18. The van der Waals surface area contributed by atoms with Crippen LogP contribution in [0.4, 0.5) is 4.39 Å². The molecule has 4 rings (SSSR count). The van der Waals surface area contributed by atoms with Crippen LogP contribution in [0.25, 0.3) is 16.6 Å². The lowest BCUT2D eigenvalue weighted by Crippen LogP contribution is -2.28. The van der Waals surface area contributed by atoms with E-state index >= 15 is 0 Å². The van der Waals surface area contributed by atoms with Gasteiger partial charge in [-0.3, -0.25) is 9.78 Å². The van der Waals surface area contributed by atoms with Gasteiger partial charge in [-0.25, -0.2) is 9.37 Å². The summed E-state index contributed by atoms with van der Waals surface area (Å²) in [7, 11) is 0. The molecule has 1 amide bonds. The summed E-state index contributed by atoms with van der Waals surface area (Å²) in [6, 6.07) is 8.06.